The molecule has 0 spiro atoms. The maximum Gasteiger partial charge on any atom is 0.255 e. The molecule has 4 nitrogen and oxygen atoms in total. The first kappa shape index (κ1) is 14.2. The summed E-state index contributed by atoms with van der Waals surface area (Å²) in [4.78, 5) is 14.3. The molecule has 1 aliphatic rings. The smallest absolute Gasteiger partial charge is 0.255 e. The highest BCUT2D eigenvalue weighted by Crippen LogP contribution is 2.21. The maximum atomic E-state index is 12.0. The van der Waals surface area contributed by atoms with Gasteiger partial charge in [0.25, 0.3) is 5.91 Å². The van der Waals surface area contributed by atoms with Crippen molar-refractivity contribution in [3.05, 3.63) is 28.8 Å². The minimum atomic E-state index is -0.279. The fourth-order valence-electron chi connectivity index (χ4n) is 2.40. The van der Waals surface area contributed by atoms with Gasteiger partial charge in [-0.2, -0.15) is 0 Å². The highest BCUT2D eigenvalue weighted by atomic mass is 35.5. The zero-order valence-corrected chi connectivity index (χ0v) is 11.8. The summed E-state index contributed by atoms with van der Waals surface area (Å²) in [5.74, 6) is -0.321. The van der Waals surface area contributed by atoms with E-state index in [-0.39, 0.29) is 17.2 Å². The van der Waals surface area contributed by atoms with Gasteiger partial charge in [0.2, 0.25) is 0 Å². The van der Waals surface area contributed by atoms with Gasteiger partial charge in [-0.05, 0) is 44.6 Å². The number of hydrogen-bond donors (Lipinski definition) is 2. The fraction of sp³-hybridized carbons (Fsp3) is 0.500. The van der Waals surface area contributed by atoms with Crippen LogP contribution in [0.25, 0.3) is 0 Å². The van der Waals surface area contributed by atoms with Gasteiger partial charge >= 0.3 is 0 Å². The number of benzene rings is 1. The van der Waals surface area contributed by atoms with Crippen molar-refractivity contribution in [2.24, 2.45) is 0 Å². The summed E-state index contributed by atoms with van der Waals surface area (Å²) < 4.78 is 0. The summed E-state index contributed by atoms with van der Waals surface area (Å²) in [7, 11) is 2.08. The van der Waals surface area contributed by atoms with Crippen LogP contribution < -0.4 is 5.32 Å². The number of amides is 1. The quantitative estimate of drug-likeness (QED) is 0.894. The number of hydrogen-bond acceptors (Lipinski definition) is 3. The maximum absolute atomic E-state index is 12.0. The number of halogens is 1. The molecule has 1 atom stereocenters. The normalized spacial score (nSPS) is 20.2. The van der Waals surface area contributed by atoms with E-state index in [4.69, 9.17) is 11.6 Å². The van der Waals surface area contributed by atoms with Crippen molar-refractivity contribution < 1.29 is 9.90 Å². The zero-order chi connectivity index (χ0) is 13.8. The van der Waals surface area contributed by atoms with Crippen LogP contribution in [0, 0.1) is 0 Å². The van der Waals surface area contributed by atoms with Crippen molar-refractivity contribution in [1.82, 2.24) is 10.2 Å². The first-order valence-corrected chi connectivity index (χ1v) is 6.92. The van der Waals surface area contributed by atoms with Crippen molar-refractivity contribution in [3.63, 3.8) is 0 Å². The van der Waals surface area contributed by atoms with Gasteiger partial charge < -0.3 is 15.3 Å². The number of likely N-dealkylation sites (tertiary alicyclic amines) is 1. The number of phenolic OH excluding ortho intramolecular Hbond substituents is 1. The van der Waals surface area contributed by atoms with Crippen LogP contribution >= 0.6 is 11.6 Å². The van der Waals surface area contributed by atoms with Crippen LogP contribution in [0.1, 0.15) is 29.6 Å². The number of likely N-dealkylation sites (N-methyl/N-ethyl adjacent to an activating group) is 1. The standard InChI is InChI=1S/C14H19ClN2O2/c1-17-7-3-2-4-11(17)9-16-14(19)12-8-10(15)5-6-13(12)18/h5-6,8,11,18H,2-4,7,9H2,1H3,(H,16,19)/t11-/m0/s1. The Morgan fingerprint density at radius 3 is 3.05 bits per heavy atom. The number of phenols is 1. The van der Waals surface area contributed by atoms with E-state index < -0.39 is 0 Å². The molecular weight excluding hydrogens is 264 g/mol. The van der Waals surface area contributed by atoms with Crippen molar-refractivity contribution in [2.75, 3.05) is 20.1 Å². The number of carbonyl (C=O) groups excluding carboxylic acids is 1. The van der Waals surface area contributed by atoms with Gasteiger partial charge in [0, 0.05) is 17.6 Å². The second-order valence-corrected chi connectivity index (χ2v) is 5.44. The topological polar surface area (TPSA) is 52.6 Å². The number of nitrogens with one attached hydrogen (secondary N) is 1. The minimum Gasteiger partial charge on any atom is -0.507 e. The van der Waals surface area contributed by atoms with Crippen LogP contribution in [0.5, 0.6) is 5.75 Å². The lowest BCUT2D eigenvalue weighted by Crippen LogP contribution is -2.44. The Hall–Kier alpha value is -1.26. The van der Waals surface area contributed by atoms with E-state index >= 15 is 0 Å². The van der Waals surface area contributed by atoms with E-state index in [0.29, 0.717) is 17.6 Å². The summed E-state index contributed by atoms with van der Waals surface area (Å²) in [6, 6.07) is 4.85. The molecule has 1 aromatic carbocycles. The van der Waals surface area contributed by atoms with Gasteiger partial charge in [-0.1, -0.05) is 18.0 Å². The number of carbonyl (C=O) groups is 1. The Morgan fingerprint density at radius 1 is 1.53 bits per heavy atom. The third kappa shape index (κ3) is 3.61. The monoisotopic (exact) mass is 282 g/mol. The van der Waals surface area contributed by atoms with Gasteiger partial charge in [-0.25, -0.2) is 0 Å². The van der Waals surface area contributed by atoms with Crippen molar-refractivity contribution >= 4 is 17.5 Å². The SMILES string of the molecule is CN1CCCC[C@H]1CNC(=O)c1cc(Cl)ccc1O. The number of piperidine rings is 1. The molecule has 2 rings (SSSR count). The Balaban J connectivity index is 1.95. The van der Waals surface area contributed by atoms with Crippen molar-refractivity contribution in [1.29, 1.82) is 0 Å². The zero-order valence-electron chi connectivity index (χ0n) is 11.0. The van der Waals surface area contributed by atoms with Crippen LogP contribution in [-0.4, -0.2) is 42.1 Å². The summed E-state index contributed by atoms with van der Waals surface area (Å²) in [6.07, 6.45) is 3.52. The molecule has 0 bridgehead atoms. The van der Waals surface area contributed by atoms with E-state index in [0.717, 1.165) is 13.0 Å². The molecule has 1 saturated heterocycles. The molecule has 0 unspecified atom stereocenters. The molecule has 0 aromatic heterocycles. The highest BCUT2D eigenvalue weighted by molar-refractivity contribution is 6.31. The lowest BCUT2D eigenvalue weighted by molar-refractivity contribution is 0.0926. The first-order chi connectivity index (χ1) is 9.08. The van der Waals surface area contributed by atoms with Gasteiger partial charge in [0.15, 0.2) is 0 Å². The molecule has 1 heterocycles. The lowest BCUT2D eigenvalue weighted by Gasteiger charge is -2.32. The van der Waals surface area contributed by atoms with E-state index in [1.807, 2.05) is 0 Å². The van der Waals surface area contributed by atoms with Gasteiger partial charge in [-0.3, -0.25) is 4.79 Å². The Bertz CT molecular complexity index is 465. The molecule has 1 amide bonds. The molecule has 0 aliphatic carbocycles. The molecule has 104 valence electrons. The molecular formula is C14H19ClN2O2. The largest absolute Gasteiger partial charge is 0.507 e. The molecule has 0 radical (unpaired) electrons. The third-order valence-corrected chi connectivity index (χ3v) is 3.86. The number of aromatic hydroxyl groups is 1. The predicted octanol–water partition coefficient (Wildman–Crippen LogP) is 2.26. The van der Waals surface area contributed by atoms with Crippen molar-refractivity contribution in [2.45, 2.75) is 25.3 Å². The van der Waals surface area contributed by atoms with E-state index in [9.17, 15) is 9.90 Å². The average Bonchev–Trinajstić information content (AvgIpc) is 2.40. The molecule has 2 N–H and O–H groups in total. The van der Waals surface area contributed by atoms with Gasteiger partial charge in [-0.15, -0.1) is 0 Å². The Morgan fingerprint density at radius 2 is 2.32 bits per heavy atom. The summed E-state index contributed by atoms with van der Waals surface area (Å²) in [5.41, 5.74) is 0.228. The van der Waals surface area contributed by atoms with Gasteiger partial charge in [0.1, 0.15) is 5.75 Å². The third-order valence-electron chi connectivity index (χ3n) is 3.62. The molecule has 19 heavy (non-hydrogen) atoms. The summed E-state index contributed by atoms with van der Waals surface area (Å²) in [5, 5.41) is 13.0. The van der Waals surface area contributed by atoms with Gasteiger partial charge in [0.05, 0.1) is 5.56 Å². The molecule has 1 fully saturated rings. The van der Waals surface area contributed by atoms with Crippen molar-refractivity contribution in [3.8, 4) is 5.75 Å². The van der Waals surface area contributed by atoms with Crippen LogP contribution in [0.4, 0.5) is 0 Å². The molecule has 1 aliphatic heterocycles. The Kier molecular flexibility index (Phi) is 4.66. The van der Waals surface area contributed by atoms with E-state index in [1.165, 1.54) is 25.0 Å². The Labute approximate surface area is 118 Å². The van der Waals surface area contributed by atoms with Crippen LogP contribution in [-0.2, 0) is 0 Å². The molecule has 5 heteroatoms. The molecule has 0 saturated carbocycles. The summed E-state index contributed by atoms with van der Waals surface area (Å²) in [6.45, 7) is 1.67. The van der Waals surface area contributed by atoms with E-state index in [1.54, 1.807) is 6.07 Å². The average molecular weight is 283 g/mol. The second-order valence-electron chi connectivity index (χ2n) is 5.00. The number of rotatable bonds is 3. The second kappa shape index (κ2) is 6.26. The van der Waals surface area contributed by atoms with Crippen LogP contribution in [0.2, 0.25) is 5.02 Å². The molecule has 1 aromatic rings. The highest BCUT2D eigenvalue weighted by Gasteiger charge is 2.20. The van der Waals surface area contributed by atoms with E-state index in [2.05, 4.69) is 17.3 Å². The summed E-state index contributed by atoms with van der Waals surface area (Å²) >= 11 is 5.83. The van der Waals surface area contributed by atoms with Crippen LogP contribution in [0.3, 0.4) is 0 Å². The lowest BCUT2D eigenvalue weighted by atomic mass is 10.0. The van der Waals surface area contributed by atoms with Crippen LogP contribution in [0.15, 0.2) is 18.2 Å². The number of nitrogens with zero attached hydrogens (tertiary/aromatic N) is 1. The predicted molar refractivity (Wildman–Crippen MR) is 75.7 cm³/mol. The first-order valence-electron chi connectivity index (χ1n) is 6.55. The minimum absolute atomic E-state index is 0.0427. The fourth-order valence-corrected chi connectivity index (χ4v) is 2.57.